The summed E-state index contributed by atoms with van der Waals surface area (Å²) in [5.74, 6) is -0.373. The van der Waals surface area contributed by atoms with E-state index in [2.05, 4.69) is 9.44 Å². The van der Waals surface area contributed by atoms with Gasteiger partial charge in [-0.15, -0.1) is 0 Å². The Bertz CT molecular complexity index is 116. The molecule has 0 aromatic rings. The van der Waals surface area contributed by atoms with Gasteiger partial charge in [-0.25, -0.2) is 0 Å². The van der Waals surface area contributed by atoms with Gasteiger partial charge in [0.05, 0.1) is 12.1 Å². The van der Waals surface area contributed by atoms with Gasteiger partial charge in [0, 0.05) is 13.8 Å². The minimum absolute atomic E-state index is 0. The Morgan fingerprint density at radius 1 is 1.10 bits per heavy atom. The maximum atomic E-state index is 10.1. The van der Waals surface area contributed by atoms with Crippen LogP contribution in [0, 0.1) is 0 Å². The van der Waals surface area contributed by atoms with Crippen LogP contribution < -0.4 is 9.44 Å². The molecule has 60 valence electrons. The van der Waals surface area contributed by atoms with Gasteiger partial charge in [-0.1, -0.05) is 0 Å². The predicted octanol–water partition coefficient (Wildman–Crippen LogP) is -1.09. The molecular formula is C4H10N2O2SSe. The Morgan fingerprint density at radius 3 is 1.60 bits per heavy atom. The Labute approximate surface area is 74.2 Å². The summed E-state index contributed by atoms with van der Waals surface area (Å²) in [6.45, 7) is 2.74. The minimum atomic E-state index is -0.186. The van der Waals surface area contributed by atoms with Gasteiger partial charge in [-0.2, -0.15) is 0 Å². The van der Waals surface area contributed by atoms with Crippen molar-refractivity contribution < 1.29 is 9.59 Å². The number of nitrogens with one attached hydrogen (secondary N) is 2. The molecule has 2 amide bonds. The van der Waals surface area contributed by atoms with Gasteiger partial charge >= 0.3 is 17.1 Å². The van der Waals surface area contributed by atoms with E-state index in [9.17, 15) is 9.59 Å². The number of hydrogen-bond acceptors (Lipinski definition) is 3. The third-order valence-electron chi connectivity index (χ3n) is 0.390. The van der Waals surface area contributed by atoms with Crippen molar-refractivity contribution in [1.29, 1.82) is 0 Å². The van der Waals surface area contributed by atoms with Crippen LogP contribution in [0.15, 0.2) is 0 Å². The molecule has 0 saturated heterocycles. The molecule has 0 unspecified atom stereocenters. The summed E-state index contributed by atoms with van der Waals surface area (Å²) in [6, 6.07) is 0. The van der Waals surface area contributed by atoms with Crippen molar-refractivity contribution in [3.63, 3.8) is 0 Å². The van der Waals surface area contributed by atoms with Crippen molar-refractivity contribution in [2.24, 2.45) is 0 Å². The summed E-state index contributed by atoms with van der Waals surface area (Å²) in [7, 11) is 0. The first-order valence-corrected chi connectivity index (χ1v) is 3.13. The molecule has 0 bridgehead atoms. The van der Waals surface area contributed by atoms with Crippen LogP contribution >= 0.6 is 12.1 Å². The van der Waals surface area contributed by atoms with Crippen molar-refractivity contribution in [3.05, 3.63) is 0 Å². The van der Waals surface area contributed by atoms with Gasteiger partial charge in [0.25, 0.3) is 0 Å². The second kappa shape index (κ2) is 6.92. The Morgan fingerprint density at radius 2 is 1.40 bits per heavy atom. The number of rotatable bonds is 2. The first kappa shape index (κ1) is 12.5. The third kappa shape index (κ3) is 10.7. The standard InChI is InChI=1S/C4H8N2O2S.H2Se/c1-3(7)5-9-6-4(2)8;/h1-2H3,(H,5,7)(H,6,8);1H2. The van der Waals surface area contributed by atoms with Gasteiger partial charge in [0.2, 0.25) is 11.8 Å². The van der Waals surface area contributed by atoms with E-state index in [-0.39, 0.29) is 28.9 Å². The fraction of sp³-hybridized carbons (Fsp3) is 0.500. The second-order valence-corrected chi connectivity index (χ2v) is 2.03. The van der Waals surface area contributed by atoms with E-state index < -0.39 is 0 Å². The number of hydrogen-bond donors (Lipinski definition) is 2. The van der Waals surface area contributed by atoms with Crippen molar-refractivity contribution >= 4 is 41.0 Å². The Kier molecular flexibility index (Phi) is 8.64. The van der Waals surface area contributed by atoms with Crippen LogP contribution in [0.4, 0.5) is 0 Å². The number of carbonyl (C=O) groups is 2. The zero-order chi connectivity index (χ0) is 7.28. The van der Waals surface area contributed by atoms with Crippen molar-refractivity contribution in [1.82, 2.24) is 9.44 Å². The fourth-order valence-corrected chi connectivity index (χ4v) is 0.508. The van der Waals surface area contributed by atoms with Crippen LogP contribution in [0.1, 0.15) is 13.8 Å². The van der Waals surface area contributed by atoms with E-state index in [1.54, 1.807) is 0 Å². The molecule has 0 saturated carbocycles. The molecule has 0 aliphatic rings. The second-order valence-electron chi connectivity index (χ2n) is 1.42. The summed E-state index contributed by atoms with van der Waals surface area (Å²) >= 11 is 0.870. The van der Waals surface area contributed by atoms with Crippen LogP contribution in [0.2, 0.25) is 0 Å². The van der Waals surface area contributed by atoms with Gasteiger partial charge in [-0.05, 0) is 0 Å². The monoisotopic (exact) mass is 230 g/mol. The van der Waals surface area contributed by atoms with Crippen LogP contribution in [0.3, 0.4) is 0 Å². The summed E-state index contributed by atoms with van der Waals surface area (Å²) in [5.41, 5.74) is 0. The van der Waals surface area contributed by atoms with Gasteiger partial charge < -0.3 is 0 Å². The zero-order valence-corrected chi connectivity index (χ0v) is 8.64. The molecule has 10 heavy (non-hydrogen) atoms. The van der Waals surface area contributed by atoms with Crippen LogP contribution in [0.25, 0.3) is 0 Å². The SMILES string of the molecule is CC(=O)NSNC(C)=O.[SeH2]. The molecule has 0 aromatic heterocycles. The molecule has 0 aliphatic carbocycles. The maximum absolute atomic E-state index is 10.1. The summed E-state index contributed by atoms with van der Waals surface area (Å²) in [6.07, 6.45) is 0. The molecule has 0 fully saturated rings. The quantitative estimate of drug-likeness (QED) is 0.467. The van der Waals surface area contributed by atoms with Crippen molar-refractivity contribution in [2.45, 2.75) is 13.8 Å². The number of carbonyl (C=O) groups excluding carboxylic acids is 2. The van der Waals surface area contributed by atoms with Crippen LogP contribution in [-0.2, 0) is 9.59 Å². The molecule has 0 aromatic carbocycles. The van der Waals surface area contributed by atoms with E-state index in [4.69, 9.17) is 0 Å². The third-order valence-corrected chi connectivity index (χ3v) is 1.17. The van der Waals surface area contributed by atoms with Crippen LogP contribution in [0.5, 0.6) is 0 Å². The average Bonchev–Trinajstić information content (AvgIpc) is 1.63. The molecule has 0 rings (SSSR count). The average molecular weight is 229 g/mol. The first-order chi connectivity index (χ1) is 4.13. The molecular weight excluding hydrogens is 219 g/mol. The molecule has 0 radical (unpaired) electrons. The normalized spacial score (nSPS) is 7.40. The van der Waals surface area contributed by atoms with Gasteiger partial charge in [-0.3, -0.25) is 19.0 Å². The van der Waals surface area contributed by atoms with E-state index in [0.29, 0.717) is 0 Å². The Hall–Kier alpha value is -0.191. The van der Waals surface area contributed by atoms with Crippen LogP contribution in [-0.4, -0.2) is 28.9 Å². The van der Waals surface area contributed by atoms with Crippen molar-refractivity contribution in [3.8, 4) is 0 Å². The molecule has 0 spiro atoms. The summed E-state index contributed by atoms with van der Waals surface area (Å²) < 4.78 is 4.65. The molecule has 0 aliphatic heterocycles. The van der Waals surface area contributed by atoms with Crippen molar-refractivity contribution in [2.75, 3.05) is 0 Å². The zero-order valence-electron chi connectivity index (χ0n) is 5.72. The predicted molar refractivity (Wildman–Crippen MR) is 43.8 cm³/mol. The topological polar surface area (TPSA) is 58.2 Å². The molecule has 0 heterocycles. The first-order valence-electron chi connectivity index (χ1n) is 2.32. The van der Waals surface area contributed by atoms with E-state index >= 15 is 0 Å². The molecule has 0 atom stereocenters. The van der Waals surface area contributed by atoms with Gasteiger partial charge in [0.15, 0.2) is 0 Å². The fourth-order valence-electron chi connectivity index (χ4n) is 0.169. The van der Waals surface area contributed by atoms with Gasteiger partial charge in [0.1, 0.15) is 0 Å². The number of amides is 2. The summed E-state index contributed by atoms with van der Waals surface area (Å²) in [4.78, 5) is 20.3. The molecule has 4 nitrogen and oxygen atoms in total. The van der Waals surface area contributed by atoms with E-state index in [0.717, 1.165) is 12.1 Å². The Balaban J connectivity index is 0. The molecule has 6 heteroatoms. The van der Waals surface area contributed by atoms with E-state index in [1.807, 2.05) is 0 Å². The molecule has 2 N–H and O–H groups in total. The van der Waals surface area contributed by atoms with E-state index in [1.165, 1.54) is 13.8 Å². The summed E-state index contributed by atoms with van der Waals surface area (Å²) in [5, 5.41) is 0.